The average molecular weight is 407 g/mol. The van der Waals surface area contributed by atoms with E-state index in [9.17, 15) is 9.59 Å². The van der Waals surface area contributed by atoms with Crippen LogP contribution in [0.2, 0.25) is 0 Å². The van der Waals surface area contributed by atoms with Gasteiger partial charge in [-0.25, -0.2) is 0 Å². The Balaban J connectivity index is 1.40. The second-order valence-electron chi connectivity index (χ2n) is 11.0. The van der Waals surface area contributed by atoms with Crippen molar-refractivity contribution < 1.29 is 23.8 Å². The maximum absolute atomic E-state index is 13.2. The first-order chi connectivity index (χ1) is 13.8. The summed E-state index contributed by atoms with van der Waals surface area (Å²) in [7, 11) is 0. The third-order valence-electron chi connectivity index (χ3n) is 8.23. The molecule has 0 aromatic carbocycles. The van der Waals surface area contributed by atoms with Crippen LogP contribution < -0.4 is 0 Å². The van der Waals surface area contributed by atoms with Crippen molar-refractivity contribution in [2.75, 3.05) is 6.79 Å². The molecule has 4 bridgehead atoms. The molecule has 0 N–H and O–H groups in total. The lowest BCUT2D eigenvalue weighted by Crippen LogP contribution is -2.60. The number of carbonyl (C=O) groups excluding carboxylic acids is 2. The van der Waals surface area contributed by atoms with E-state index in [0.717, 1.165) is 51.4 Å². The van der Waals surface area contributed by atoms with Crippen LogP contribution in [0.3, 0.4) is 0 Å². The van der Waals surface area contributed by atoms with E-state index >= 15 is 0 Å². The standard InChI is InChI=1S/C24H38O5/c1-4-22(2,3)20(25)29-24-13-17-10-18(14-24)12-23(11-17,15-24)21(26)28-16-27-19-8-6-5-7-9-19/h17-19H,4-16H2,1-3H3. The Morgan fingerprint density at radius 3 is 2.28 bits per heavy atom. The summed E-state index contributed by atoms with van der Waals surface area (Å²) in [6, 6.07) is 0. The van der Waals surface area contributed by atoms with Crippen LogP contribution in [0.5, 0.6) is 0 Å². The second-order valence-corrected chi connectivity index (χ2v) is 11.0. The molecule has 0 amide bonds. The van der Waals surface area contributed by atoms with Gasteiger partial charge in [0.25, 0.3) is 0 Å². The summed E-state index contributed by atoms with van der Waals surface area (Å²) < 4.78 is 17.7. The molecule has 5 aliphatic rings. The van der Waals surface area contributed by atoms with Crippen molar-refractivity contribution in [3.05, 3.63) is 0 Å². The molecule has 0 radical (unpaired) electrons. The number of esters is 2. The third-order valence-corrected chi connectivity index (χ3v) is 8.23. The second kappa shape index (κ2) is 7.86. The first-order valence-corrected chi connectivity index (χ1v) is 11.8. The highest BCUT2D eigenvalue weighted by Gasteiger charge is 2.63. The molecular formula is C24H38O5. The monoisotopic (exact) mass is 406 g/mol. The molecule has 2 unspecified atom stereocenters. The molecule has 0 heterocycles. The molecule has 5 saturated carbocycles. The highest BCUT2D eigenvalue weighted by molar-refractivity contribution is 5.79. The summed E-state index contributed by atoms with van der Waals surface area (Å²) in [5.41, 5.74) is -1.45. The molecule has 0 aromatic heterocycles. The van der Waals surface area contributed by atoms with Gasteiger partial charge < -0.3 is 14.2 Å². The summed E-state index contributed by atoms with van der Waals surface area (Å²) in [5, 5.41) is 0. The van der Waals surface area contributed by atoms with Crippen molar-refractivity contribution in [3.8, 4) is 0 Å². The maximum Gasteiger partial charge on any atom is 0.314 e. The highest BCUT2D eigenvalue weighted by atomic mass is 16.7. The van der Waals surface area contributed by atoms with Gasteiger partial charge >= 0.3 is 11.9 Å². The van der Waals surface area contributed by atoms with E-state index in [1.807, 2.05) is 20.8 Å². The van der Waals surface area contributed by atoms with Crippen molar-refractivity contribution in [2.45, 2.75) is 110 Å². The molecule has 0 spiro atoms. The zero-order valence-electron chi connectivity index (χ0n) is 18.5. The molecule has 5 fully saturated rings. The van der Waals surface area contributed by atoms with Gasteiger partial charge in [-0.05, 0) is 77.0 Å². The Morgan fingerprint density at radius 1 is 1.00 bits per heavy atom. The van der Waals surface area contributed by atoms with Gasteiger partial charge in [0.2, 0.25) is 0 Å². The molecule has 5 heteroatoms. The summed E-state index contributed by atoms with van der Waals surface area (Å²) in [4.78, 5) is 26.0. The number of hydrogen-bond acceptors (Lipinski definition) is 5. The van der Waals surface area contributed by atoms with Gasteiger partial charge in [-0.2, -0.15) is 0 Å². The Labute approximate surface area is 175 Å². The molecule has 0 aliphatic heterocycles. The van der Waals surface area contributed by atoms with Crippen LogP contribution in [0.1, 0.15) is 97.8 Å². The molecule has 5 aliphatic carbocycles. The normalized spacial score (nSPS) is 36.8. The molecule has 0 saturated heterocycles. The van der Waals surface area contributed by atoms with Crippen LogP contribution in [0.25, 0.3) is 0 Å². The van der Waals surface area contributed by atoms with Crippen LogP contribution in [0, 0.1) is 22.7 Å². The molecule has 0 aromatic rings. The van der Waals surface area contributed by atoms with Gasteiger partial charge in [0, 0.05) is 6.42 Å². The molecular weight excluding hydrogens is 368 g/mol. The van der Waals surface area contributed by atoms with E-state index in [0.29, 0.717) is 18.3 Å². The minimum absolute atomic E-state index is 0.0657. The number of rotatable bonds is 7. The molecule has 2 atom stereocenters. The summed E-state index contributed by atoms with van der Waals surface area (Å²) in [5.74, 6) is 0.671. The largest absolute Gasteiger partial charge is 0.459 e. The predicted molar refractivity (Wildman–Crippen MR) is 109 cm³/mol. The minimum atomic E-state index is -0.489. The highest BCUT2D eigenvalue weighted by Crippen LogP contribution is 2.63. The maximum atomic E-state index is 13.2. The third kappa shape index (κ3) is 4.22. The average Bonchev–Trinajstić information content (AvgIpc) is 2.67. The predicted octanol–water partition coefficient (Wildman–Crippen LogP) is 5.15. The van der Waals surface area contributed by atoms with Crippen LogP contribution in [-0.2, 0) is 23.8 Å². The zero-order valence-corrected chi connectivity index (χ0v) is 18.5. The van der Waals surface area contributed by atoms with E-state index in [2.05, 4.69) is 0 Å². The Hall–Kier alpha value is -1.10. The number of carbonyl (C=O) groups is 2. The first-order valence-electron chi connectivity index (χ1n) is 11.8. The number of hydrogen-bond donors (Lipinski definition) is 0. The fourth-order valence-electron chi connectivity index (χ4n) is 6.58. The van der Waals surface area contributed by atoms with Gasteiger partial charge in [-0.3, -0.25) is 9.59 Å². The molecule has 29 heavy (non-hydrogen) atoms. The molecule has 5 nitrogen and oxygen atoms in total. The van der Waals surface area contributed by atoms with Gasteiger partial charge in [0.1, 0.15) is 5.60 Å². The van der Waals surface area contributed by atoms with Crippen molar-refractivity contribution in [1.82, 2.24) is 0 Å². The van der Waals surface area contributed by atoms with Crippen molar-refractivity contribution in [1.29, 1.82) is 0 Å². The Kier molecular flexibility index (Phi) is 5.73. The van der Waals surface area contributed by atoms with Crippen LogP contribution in [0.15, 0.2) is 0 Å². The number of ether oxygens (including phenoxy) is 3. The van der Waals surface area contributed by atoms with E-state index in [-0.39, 0.29) is 24.8 Å². The van der Waals surface area contributed by atoms with Crippen molar-refractivity contribution in [3.63, 3.8) is 0 Å². The van der Waals surface area contributed by atoms with Crippen LogP contribution in [-0.4, -0.2) is 30.4 Å². The fourth-order valence-corrected chi connectivity index (χ4v) is 6.58. The van der Waals surface area contributed by atoms with Crippen molar-refractivity contribution in [2.24, 2.45) is 22.7 Å². The van der Waals surface area contributed by atoms with E-state index in [1.165, 1.54) is 19.3 Å². The quantitative estimate of drug-likeness (QED) is 0.432. The lowest BCUT2D eigenvalue weighted by Gasteiger charge is -2.60. The Bertz CT molecular complexity index is 619. The zero-order chi connectivity index (χ0) is 20.7. The van der Waals surface area contributed by atoms with Gasteiger partial charge in [-0.1, -0.05) is 26.2 Å². The minimum Gasteiger partial charge on any atom is -0.459 e. The van der Waals surface area contributed by atoms with Crippen LogP contribution in [0.4, 0.5) is 0 Å². The van der Waals surface area contributed by atoms with E-state index in [1.54, 1.807) is 0 Å². The van der Waals surface area contributed by atoms with Crippen molar-refractivity contribution >= 4 is 11.9 Å². The first kappa shape index (κ1) is 21.1. The lowest BCUT2D eigenvalue weighted by molar-refractivity contribution is -0.223. The lowest BCUT2D eigenvalue weighted by atomic mass is 9.48. The summed E-state index contributed by atoms with van der Waals surface area (Å²) in [6.45, 7) is 5.98. The smallest absolute Gasteiger partial charge is 0.314 e. The summed E-state index contributed by atoms with van der Waals surface area (Å²) >= 11 is 0. The summed E-state index contributed by atoms with van der Waals surface area (Å²) in [6.07, 6.45) is 12.2. The molecule has 5 rings (SSSR count). The topological polar surface area (TPSA) is 61.8 Å². The SMILES string of the molecule is CCC(C)(C)C(=O)OC12CC3CC(C1)CC(C(=O)OCOC1CCCCC1)(C3)C2. The van der Waals surface area contributed by atoms with E-state index in [4.69, 9.17) is 14.2 Å². The van der Waals surface area contributed by atoms with E-state index < -0.39 is 16.4 Å². The van der Waals surface area contributed by atoms with Gasteiger partial charge in [-0.15, -0.1) is 0 Å². The fraction of sp³-hybridized carbons (Fsp3) is 0.917. The van der Waals surface area contributed by atoms with Gasteiger partial charge in [0.05, 0.1) is 16.9 Å². The molecule has 164 valence electrons. The Morgan fingerprint density at radius 2 is 1.66 bits per heavy atom. The van der Waals surface area contributed by atoms with Gasteiger partial charge in [0.15, 0.2) is 6.79 Å². The van der Waals surface area contributed by atoms with Crippen LogP contribution >= 0.6 is 0 Å².